The molecule has 0 aliphatic carbocycles. The summed E-state index contributed by atoms with van der Waals surface area (Å²) < 4.78 is 38.5. The van der Waals surface area contributed by atoms with E-state index in [4.69, 9.17) is 17.3 Å². The Morgan fingerprint density at radius 2 is 2.00 bits per heavy atom. The molecule has 0 radical (unpaired) electrons. The van der Waals surface area contributed by atoms with E-state index < -0.39 is 11.7 Å². The zero-order valence-corrected chi connectivity index (χ0v) is 9.13. The molecule has 90 valence electrons. The Labute approximate surface area is 99.6 Å². The fourth-order valence-corrected chi connectivity index (χ4v) is 1.60. The molecule has 0 aliphatic rings. The van der Waals surface area contributed by atoms with Crippen LogP contribution in [0.25, 0.3) is 5.69 Å². The van der Waals surface area contributed by atoms with Crippen LogP contribution in [0.1, 0.15) is 5.56 Å². The average molecular weight is 262 g/mol. The summed E-state index contributed by atoms with van der Waals surface area (Å²) in [4.78, 5) is 0. The first-order valence-electron chi connectivity index (χ1n) is 4.55. The highest BCUT2D eigenvalue weighted by Gasteiger charge is 2.31. The summed E-state index contributed by atoms with van der Waals surface area (Å²) in [5.41, 5.74) is 5.41. The van der Waals surface area contributed by atoms with Crippen molar-refractivity contribution in [2.75, 3.05) is 5.73 Å². The van der Waals surface area contributed by atoms with Gasteiger partial charge in [0.15, 0.2) is 0 Å². The van der Waals surface area contributed by atoms with E-state index in [-0.39, 0.29) is 5.02 Å². The van der Waals surface area contributed by atoms with Gasteiger partial charge in [0.25, 0.3) is 0 Å². The van der Waals surface area contributed by atoms with Crippen LogP contribution in [0.4, 0.5) is 18.9 Å². The van der Waals surface area contributed by atoms with E-state index >= 15 is 0 Å². The molecule has 0 saturated carbocycles. The fourth-order valence-electron chi connectivity index (χ4n) is 1.34. The zero-order valence-electron chi connectivity index (χ0n) is 8.37. The van der Waals surface area contributed by atoms with Crippen LogP contribution in [0, 0.1) is 0 Å². The van der Waals surface area contributed by atoms with E-state index in [1.165, 1.54) is 23.1 Å². The second-order valence-corrected chi connectivity index (χ2v) is 3.79. The van der Waals surface area contributed by atoms with E-state index in [1.807, 2.05) is 0 Å². The number of anilines is 1. The highest BCUT2D eigenvalue weighted by molar-refractivity contribution is 6.32. The molecule has 0 aliphatic heterocycles. The summed E-state index contributed by atoms with van der Waals surface area (Å²) >= 11 is 5.78. The summed E-state index contributed by atoms with van der Waals surface area (Å²) in [5.74, 6) is 0. The van der Waals surface area contributed by atoms with Gasteiger partial charge in [0, 0.05) is 0 Å². The molecule has 2 aromatic rings. The van der Waals surface area contributed by atoms with Gasteiger partial charge < -0.3 is 5.73 Å². The number of halogens is 4. The van der Waals surface area contributed by atoms with Crippen molar-refractivity contribution in [3.63, 3.8) is 0 Å². The Hall–Kier alpha value is -1.69. The number of hydrogen-bond donors (Lipinski definition) is 1. The molecule has 1 aromatic heterocycles. The van der Waals surface area contributed by atoms with Crippen molar-refractivity contribution in [2.24, 2.45) is 0 Å². The molecule has 1 heterocycles. The number of aromatic nitrogens is 2. The van der Waals surface area contributed by atoms with Crippen LogP contribution in [0.3, 0.4) is 0 Å². The quantitative estimate of drug-likeness (QED) is 0.857. The Balaban J connectivity index is 2.45. The summed E-state index contributed by atoms with van der Waals surface area (Å²) in [6.45, 7) is 0. The van der Waals surface area contributed by atoms with Gasteiger partial charge in [-0.1, -0.05) is 11.6 Å². The first-order chi connectivity index (χ1) is 7.88. The predicted molar refractivity (Wildman–Crippen MR) is 58.0 cm³/mol. The highest BCUT2D eigenvalue weighted by atomic mass is 35.5. The molecule has 0 spiro atoms. The number of rotatable bonds is 1. The van der Waals surface area contributed by atoms with E-state index in [0.29, 0.717) is 11.4 Å². The Kier molecular flexibility index (Phi) is 2.74. The molecule has 1 aromatic carbocycles. The lowest BCUT2D eigenvalue weighted by atomic mass is 10.2. The predicted octanol–water partition coefficient (Wildman–Crippen LogP) is 3.13. The minimum absolute atomic E-state index is 0.0390. The number of alkyl halides is 3. The second-order valence-electron chi connectivity index (χ2n) is 3.38. The van der Waals surface area contributed by atoms with Gasteiger partial charge in [0.05, 0.1) is 34.4 Å². The Morgan fingerprint density at radius 3 is 2.47 bits per heavy atom. The first-order valence-corrected chi connectivity index (χ1v) is 4.93. The van der Waals surface area contributed by atoms with Gasteiger partial charge in [-0.2, -0.15) is 18.3 Å². The number of nitrogen functional groups attached to an aromatic ring is 1. The minimum Gasteiger partial charge on any atom is -0.396 e. The molecule has 2 N–H and O–H groups in total. The topological polar surface area (TPSA) is 43.8 Å². The lowest BCUT2D eigenvalue weighted by Gasteiger charge is -2.09. The zero-order chi connectivity index (χ0) is 12.6. The van der Waals surface area contributed by atoms with Gasteiger partial charge in [-0.05, 0) is 18.2 Å². The maximum Gasteiger partial charge on any atom is 0.416 e. The van der Waals surface area contributed by atoms with Gasteiger partial charge >= 0.3 is 6.18 Å². The van der Waals surface area contributed by atoms with Crippen molar-refractivity contribution in [2.45, 2.75) is 6.18 Å². The number of hydrogen-bond acceptors (Lipinski definition) is 2. The molecule has 7 heteroatoms. The summed E-state index contributed by atoms with van der Waals surface area (Å²) in [6, 6.07) is 3.05. The van der Waals surface area contributed by atoms with Gasteiger partial charge in [-0.3, -0.25) is 0 Å². The normalized spacial score (nSPS) is 11.8. The summed E-state index contributed by atoms with van der Waals surface area (Å²) in [6.07, 6.45) is -1.56. The molecule has 0 bridgehead atoms. The van der Waals surface area contributed by atoms with Crippen molar-refractivity contribution in [3.05, 3.63) is 41.2 Å². The molecule has 2 rings (SSSR count). The van der Waals surface area contributed by atoms with Crippen LogP contribution in [0.2, 0.25) is 5.02 Å². The molecule has 17 heavy (non-hydrogen) atoms. The molecular weight excluding hydrogens is 255 g/mol. The lowest BCUT2D eigenvalue weighted by molar-refractivity contribution is -0.137. The third kappa shape index (κ3) is 2.36. The van der Waals surface area contributed by atoms with Gasteiger partial charge in [-0.15, -0.1) is 0 Å². The van der Waals surface area contributed by atoms with Crippen LogP contribution >= 0.6 is 11.6 Å². The lowest BCUT2D eigenvalue weighted by Crippen LogP contribution is -2.05. The van der Waals surface area contributed by atoms with Crippen molar-refractivity contribution >= 4 is 17.3 Å². The molecule has 0 atom stereocenters. The molecule has 0 unspecified atom stereocenters. The standard InChI is InChI=1S/C10H7ClF3N3/c11-8-3-6(10(12,13)14)1-2-9(8)17-5-7(15)4-16-17/h1-5H,15H2. The van der Waals surface area contributed by atoms with E-state index in [2.05, 4.69) is 5.10 Å². The Morgan fingerprint density at radius 1 is 1.29 bits per heavy atom. The van der Waals surface area contributed by atoms with Crippen LogP contribution in [0.5, 0.6) is 0 Å². The maximum atomic E-state index is 12.4. The third-order valence-electron chi connectivity index (χ3n) is 2.12. The minimum atomic E-state index is -4.41. The third-order valence-corrected chi connectivity index (χ3v) is 2.43. The average Bonchev–Trinajstić information content (AvgIpc) is 2.63. The monoisotopic (exact) mass is 261 g/mol. The summed E-state index contributed by atoms with van der Waals surface area (Å²) in [5, 5.41) is 3.83. The van der Waals surface area contributed by atoms with Crippen LogP contribution in [-0.2, 0) is 6.18 Å². The molecule has 0 fully saturated rings. The molecule has 0 saturated heterocycles. The number of benzene rings is 1. The SMILES string of the molecule is Nc1cnn(-c2ccc(C(F)(F)F)cc2Cl)c1. The highest BCUT2D eigenvalue weighted by Crippen LogP contribution is 2.33. The van der Waals surface area contributed by atoms with Crippen LogP contribution in [0.15, 0.2) is 30.6 Å². The van der Waals surface area contributed by atoms with Crippen molar-refractivity contribution in [1.29, 1.82) is 0 Å². The van der Waals surface area contributed by atoms with Crippen molar-refractivity contribution in [1.82, 2.24) is 9.78 Å². The second kappa shape index (κ2) is 3.96. The van der Waals surface area contributed by atoms with Gasteiger partial charge in [0.2, 0.25) is 0 Å². The van der Waals surface area contributed by atoms with Gasteiger partial charge in [-0.25, -0.2) is 4.68 Å². The van der Waals surface area contributed by atoms with E-state index in [0.717, 1.165) is 12.1 Å². The fraction of sp³-hybridized carbons (Fsp3) is 0.100. The summed E-state index contributed by atoms with van der Waals surface area (Å²) in [7, 11) is 0. The van der Waals surface area contributed by atoms with Gasteiger partial charge in [0.1, 0.15) is 0 Å². The molecule has 0 amide bonds. The first kappa shape index (κ1) is 11.8. The Bertz CT molecular complexity index is 548. The van der Waals surface area contributed by atoms with Crippen LogP contribution < -0.4 is 5.73 Å². The van der Waals surface area contributed by atoms with Crippen molar-refractivity contribution in [3.8, 4) is 5.69 Å². The van der Waals surface area contributed by atoms with E-state index in [9.17, 15) is 13.2 Å². The maximum absolute atomic E-state index is 12.4. The number of nitrogens with zero attached hydrogens (tertiary/aromatic N) is 2. The number of nitrogens with two attached hydrogens (primary N) is 1. The van der Waals surface area contributed by atoms with Crippen molar-refractivity contribution < 1.29 is 13.2 Å². The molecule has 3 nitrogen and oxygen atoms in total. The largest absolute Gasteiger partial charge is 0.416 e. The smallest absolute Gasteiger partial charge is 0.396 e. The molecular formula is C10H7ClF3N3. The van der Waals surface area contributed by atoms with E-state index in [1.54, 1.807) is 0 Å². The van der Waals surface area contributed by atoms with Crippen LogP contribution in [-0.4, -0.2) is 9.78 Å².